The first-order chi connectivity index (χ1) is 11.9. The lowest BCUT2D eigenvalue weighted by molar-refractivity contribution is -0.955. The number of benzene rings is 1. The highest BCUT2D eigenvalue weighted by Gasteiger charge is 2.36. The second kappa shape index (κ2) is 9.15. The van der Waals surface area contributed by atoms with Gasteiger partial charge in [-0.15, -0.1) is 0 Å². The summed E-state index contributed by atoms with van der Waals surface area (Å²) in [5, 5.41) is 0. The van der Waals surface area contributed by atoms with E-state index in [1.54, 1.807) is 12.1 Å². The van der Waals surface area contributed by atoms with Crippen molar-refractivity contribution in [3.8, 4) is 0 Å². The van der Waals surface area contributed by atoms with Crippen LogP contribution in [0.4, 0.5) is 0 Å². The van der Waals surface area contributed by atoms with Gasteiger partial charge in [-0.25, -0.2) is 8.42 Å². The molecule has 142 valence electrons. The summed E-state index contributed by atoms with van der Waals surface area (Å²) < 4.78 is 32.7. The highest BCUT2D eigenvalue weighted by Crippen LogP contribution is 2.31. The van der Waals surface area contributed by atoms with E-state index in [4.69, 9.17) is 0 Å². The van der Waals surface area contributed by atoms with E-state index in [1.165, 1.54) is 87.6 Å². The Kier molecular flexibility index (Phi) is 7.47. The van der Waals surface area contributed by atoms with Crippen LogP contribution in [0.2, 0.25) is 0 Å². The van der Waals surface area contributed by atoms with Crippen LogP contribution < -0.4 is 0 Å². The maximum absolute atomic E-state index is 10.4. The van der Waals surface area contributed by atoms with Gasteiger partial charge in [-0.3, -0.25) is 0 Å². The molecule has 0 atom stereocenters. The average molecular weight is 368 g/mol. The van der Waals surface area contributed by atoms with Gasteiger partial charge in [0, 0.05) is 0 Å². The van der Waals surface area contributed by atoms with Crippen LogP contribution in [0.25, 0.3) is 0 Å². The molecule has 1 aromatic carbocycles. The standard InChI is InChI=1S/C13H26N.C7H8O3S/c1-2-14(11-7-4-8-12-14)13-9-5-3-6-10-13;1-6-2-4-7(5-3-6)11(8,9)10/h13H,2-12H2,1H3;2-5H,1H3,(H,8,9,10)/q+1;/p-1. The van der Waals surface area contributed by atoms with Crippen molar-refractivity contribution in [2.45, 2.75) is 76.2 Å². The summed E-state index contributed by atoms with van der Waals surface area (Å²) in [5.74, 6) is 0. The van der Waals surface area contributed by atoms with Crippen molar-refractivity contribution < 1.29 is 17.5 Å². The maximum Gasteiger partial charge on any atom is 0.124 e. The highest BCUT2D eigenvalue weighted by atomic mass is 32.2. The van der Waals surface area contributed by atoms with Crippen LogP contribution in [-0.4, -0.2) is 43.1 Å². The molecule has 0 bridgehead atoms. The summed E-state index contributed by atoms with van der Waals surface area (Å²) >= 11 is 0. The quantitative estimate of drug-likeness (QED) is 0.593. The number of likely N-dealkylation sites (tertiary alicyclic amines) is 1. The van der Waals surface area contributed by atoms with E-state index in [1.807, 2.05) is 6.92 Å². The van der Waals surface area contributed by atoms with E-state index < -0.39 is 10.1 Å². The zero-order valence-electron chi connectivity index (χ0n) is 15.7. The summed E-state index contributed by atoms with van der Waals surface area (Å²) in [6, 6.07) is 6.82. The molecular weight excluding hydrogens is 334 g/mol. The van der Waals surface area contributed by atoms with Crippen LogP contribution in [0.3, 0.4) is 0 Å². The predicted octanol–water partition coefficient (Wildman–Crippen LogP) is 4.24. The number of nitrogens with zero attached hydrogens (tertiary/aromatic N) is 1. The van der Waals surface area contributed by atoms with E-state index in [9.17, 15) is 13.0 Å². The van der Waals surface area contributed by atoms with Crippen molar-refractivity contribution in [3.63, 3.8) is 0 Å². The molecule has 0 N–H and O–H groups in total. The predicted molar refractivity (Wildman–Crippen MR) is 100 cm³/mol. The molecule has 1 heterocycles. The molecule has 5 heteroatoms. The van der Waals surface area contributed by atoms with Gasteiger partial charge in [0.15, 0.2) is 0 Å². The molecule has 0 radical (unpaired) electrons. The van der Waals surface area contributed by atoms with Gasteiger partial charge in [0.05, 0.1) is 30.6 Å². The smallest absolute Gasteiger partial charge is 0.124 e. The van der Waals surface area contributed by atoms with Crippen LogP contribution in [0, 0.1) is 6.92 Å². The Bertz CT molecular complexity index is 613. The third-order valence-corrected chi connectivity index (χ3v) is 6.85. The van der Waals surface area contributed by atoms with E-state index in [0.717, 1.165) is 11.6 Å². The molecule has 2 aliphatic rings. The summed E-state index contributed by atoms with van der Waals surface area (Å²) in [7, 11) is -4.27. The van der Waals surface area contributed by atoms with E-state index in [2.05, 4.69) is 6.92 Å². The zero-order valence-corrected chi connectivity index (χ0v) is 16.6. The molecule has 1 saturated carbocycles. The molecule has 0 aromatic heterocycles. The minimum absolute atomic E-state index is 0.178. The van der Waals surface area contributed by atoms with Crippen molar-refractivity contribution in [1.82, 2.24) is 0 Å². The summed E-state index contributed by atoms with van der Waals surface area (Å²) in [6.45, 7) is 8.61. The van der Waals surface area contributed by atoms with Crippen molar-refractivity contribution in [2.24, 2.45) is 0 Å². The summed E-state index contributed by atoms with van der Waals surface area (Å²) in [6.07, 6.45) is 12.0. The average Bonchev–Trinajstić information content (AvgIpc) is 2.63. The molecule has 0 unspecified atom stereocenters. The number of piperidine rings is 1. The van der Waals surface area contributed by atoms with Gasteiger partial charge >= 0.3 is 0 Å². The van der Waals surface area contributed by atoms with Gasteiger partial charge < -0.3 is 9.04 Å². The Morgan fingerprint density at radius 1 is 0.960 bits per heavy atom. The van der Waals surface area contributed by atoms with Crippen LogP contribution in [-0.2, 0) is 10.1 Å². The summed E-state index contributed by atoms with van der Waals surface area (Å²) in [4.78, 5) is -0.178. The van der Waals surface area contributed by atoms with Crippen LogP contribution >= 0.6 is 0 Å². The molecule has 0 spiro atoms. The zero-order chi connectivity index (χ0) is 18.3. The fourth-order valence-electron chi connectivity index (χ4n) is 4.42. The second-order valence-electron chi connectivity index (χ2n) is 7.60. The van der Waals surface area contributed by atoms with Crippen molar-refractivity contribution in [1.29, 1.82) is 0 Å². The molecule has 0 amide bonds. The van der Waals surface area contributed by atoms with Crippen molar-refractivity contribution in [3.05, 3.63) is 29.8 Å². The SMILES string of the molecule is CC[N+]1(C2CCCCC2)CCCCC1.Cc1ccc(S(=O)(=O)[O-])cc1. The fraction of sp³-hybridized carbons (Fsp3) is 0.700. The largest absolute Gasteiger partial charge is 0.744 e. The Morgan fingerprint density at radius 2 is 1.48 bits per heavy atom. The Labute approximate surface area is 153 Å². The van der Waals surface area contributed by atoms with E-state index >= 15 is 0 Å². The number of hydrogen-bond donors (Lipinski definition) is 0. The van der Waals surface area contributed by atoms with Crippen LogP contribution in [0.1, 0.15) is 63.9 Å². The third kappa shape index (κ3) is 5.80. The van der Waals surface area contributed by atoms with Gasteiger partial charge in [0.1, 0.15) is 10.1 Å². The molecule has 1 aromatic rings. The number of hydrogen-bond acceptors (Lipinski definition) is 3. The lowest BCUT2D eigenvalue weighted by atomic mass is 9.90. The molecule has 1 aliphatic carbocycles. The summed E-state index contributed by atoms with van der Waals surface area (Å²) in [5.41, 5.74) is 0.928. The first-order valence-corrected chi connectivity index (χ1v) is 11.2. The molecular formula is C20H33NO3S. The van der Waals surface area contributed by atoms with Crippen molar-refractivity contribution >= 4 is 10.1 Å². The van der Waals surface area contributed by atoms with E-state index in [-0.39, 0.29) is 4.90 Å². The lowest BCUT2D eigenvalue weighted by Crippen LogP contribution is -2.58. The Hall–Kier alpha value is -0.910. The van der Waals surface area contributed by atoms with Gasteiger partial charge in [-0.1, -0.05) is 24.1 Å². The molecule has 4 nitrogen and oxygen atoms in total. The molecule has 25 heavy (non-hydrogen) atoms. The topological polar surface area (TPSA) is 57.2 Å². The van der Waals surface area contributed by atoms with Crippen LogP contribution in [0.15, 0.2) is 29.2 Å². The fourth-order valence-corrected chi connectivity index (χ4v) is 4.88. The molecule has 2 fully saturated rings. The molecule has 3 rings (SSSR count). The van der Waals surface area contributed by atoms with Crippen LogP contribution in [0.5, 0.6) is 0 Å². The molecule has 1 saturated heterocycles. The Balaban J connectivity index is 0.000000186. The van der Waals surface area contributed by atoms with Gasteiger partial charge in [0.25, 0.3) is 0 Å². The van der Waals surface area contributed by atoms with Gasteiger partial charge in [0.2, 0.25) is 0 Å². The second-order valence-corrected chi connectivity index (χ2v) is 8.98. The monoisotopic (exact) mass is 367 g/mol. The number of aryl methyl sites for hydroxylation is 1. The number of quaternary nitrogens is 1. The minimum atomic E-state index is -4.27. The third-order valence-electron chi connectivity index (χ3n) is 6.00. The minimum Gasteiger partial charge on any atom is -0.744 e. The molecule has 1 aliphatic heterocycles. The van der Waals surface area contributed by atoms with Gasteiger partial charge in [-0.2, -0.15) is 0 Å². The normalized spacial score (nSPS) is 21.2. The maximum atomic E-state index is 10.4. The first-order valence-electron chi connectivity index (χ1n) is 9.76. The Morgan fingerprint density at radius 3 is 1.96 bits per heavy atom. The van der Waals surface area contributed by atoms with Crippen molar-refractivity contribution in [2.75, 3.05) is 19.6 Å². The highest BCUT2D eigenvalue weighted by molar-refractivity contribution is 7.85. The van der Waals surface area contributed by atoms with Gasteiger partial charge in [-0.05, 0) is 70.9 Å². The number of rotatable bonds is 3. The van der Waals surface area contributed by atoms with E-state index in [0.29, 0.717) is 0 Å². The lowest BCUT2D eigenvalue weighted by Gasteiger charge is -2.48. The first kappa shape index (κ1) is 20.4.